The second kappa shape index (κ2) is 7.05. The summed E-state index contributed by atoms with van der Waals surface area (Å²) in [5.74, 6) is 1.36. The Morgan fingerprint density at radius 3 is 2.32 bits per heavy atom. The Morgan fingerprint density at radius 2 is 1.72 bits per heavy atom. The first-order valence-electron chi connectivity index (χ1n) is 8.44. The highest BCUT2D eigenvalue weighted by molar-refractivity contribution is 5.76. The Labute approximate surface area is 148 Å². The molecule has 1 unspecified atom stereocenters. The van der Waals surface area contributed by atoms with Gasteiger partial charge in [-0.15, -0.1) is 0 Å². The lowest BCUT2D eigenvalue weighted by Crippen LogP contribution is -2.43. The first-order chi connectivity index (χ1) is 12.1. The fraction of sp³-hybridized carbons (Fsp3) is 0.350. The van der Waals surface area contributed by atoms with Gasteiger partial charge in [-0.1, -0.05) is 36.4 Å². The zero-order chi connectivity index (χ0) is 17.9. The summed E-state index contributed by atoms with van der Waals surface area (Å²) in [4.78, 5) is 12.5. The van der Waals surface area contributed by atoms with Gasteiger partial charge in [0.15, 0.2) is 11.5 Å². The molecule has 5 heteroatoms. The van der Waals surface area contributed by atoms with Gasteiger partial charge in [0.05, 0.1) is 25.8 Å². The summed E-state index contributed by atoms with van der Waals surface area (Å²) >= 11 is 0. The molecule has 0 saturated heterocycles. The zero-order valence-electron chi connectivity index (χ0n) is 14.8. The van der Waals surface area contributed by atoms with E-state index >= 15 is 0 Å². The highest BCUT2D eigenvalue weighted by Gasteiger charge is 2.46. The molecule has 1 saturated carbocycles. The van der Waals surface area contributed by atoms with Gasteiger partial charge in [-0.2, -0.15) is 0 Å². The van der Waals surface area contributed by atoms with Crippen molar-refractivity contribution >= 4 is 6.03 Å². The Balaban J connectivity index is 1.69. The summed E-state index contributed by atoms with van der Waals surface area (Å²) in [6.07, 6.45) is 1.82. The van der Waals surface area contributed by atoms with E-state index in [4.69, 9.17) is 9.47 Å². The average molecular weight is 340 g/mol. The predicted octanol–water partition coefficient (Wildman–Crippen LogP) is 3.75. The van der Waals surface area contributed by atoms with E-state index in [9.17, 15) is 4.79 Å². The average Bonchev–Trinajstić information content (AvgIpc) is 3.42. The highest BCUT2D eigenvalue weighted by Crippen LogP contribution is 2.47. The van der Waals surface area contributed by atoms with Crippen molar-refractivity contribution in [2.24, 2.45) is 0 Å². The van der Waals surface area contributed by atoms with Crippen molar-refractivity contribution in [2.75, 3.05) is 14.2 Å². The molecule has 1 aliphatic carbocycles. The van der Waals surface area contributed by atoms with Crippen LogP contribution < -0.4 is 20.1 Å². The van der Waals surface area contributed by atoms with Gasteiger partial charge in [0, 0.05) is 0 Å². The van der Waals surface area contributed by atoms with Crippen LogP contribution in [0.3, 0.4) is 0 Å². The number of amides is 2. The molecule has 132 valence electrons. The largest absolute Gasteiger partial charge is 0.493 e. The van der Waals surface area contributed by atoms with E-state index < -0.39 is 0 Å². The van der Waals surface area contributed by atoms with Gasteiger partial charge in [0.25, 0.3) is 0 Å². The molecule has 1 fully saturated rings. The lowest BCUT2D eigenvalue weighted by Gasteiger charge is -2.22. The van der Waals surface area contributed by atoms with Crippen LogP contribution >= 0.6 is 0 Å². The fourth-order valence-electron chi connectivity index (χ4n) is 3.02. The van der Waals surface area contributed by atoms with Crippen molar-refractivity contribution in [3.05, 3.63) is 59.7 Å². The third-order valence-electron chi connectivity index (χ3n) is 4.69. The molecule has 5 nitrogen and oxygen atoms in total. The molecular weight excluding hydrogens is 316 g/mol. The molecule has 3 rings (SSSR count). The molecule has 2 N–H and O–H groups in total. The minimum atomic E-state index is -0.319. The van der Waals surface area contributed by atoms with Gasteiger partial charge in [0.2, 0.25) is 0 Å². The van der Waals surface area contributed by atoms with Crippen molar-refractivity contribution in [1.82, 2.24) is 10.6 Å². The fourth-order valence-corrected chi connectivity index (χ4v) is 3.02. The molecule has 0 bridgehead atoms. The normalized spacial score (nSPS) is 15.8. The molecule has 1 atom stereocenters. The summed E-state index contributed by atoms with van der Waals surface area (Å²) < 4.78 is 10.7. The lowest BCUT2D eigenvalue weighted by atomic mass is 10.0. The van der Waals surface area contributed by atoms with E-state index in [-0.39, 0.29) is 17.6 Å². The van der Waals surface area contributed by atoms with Crippen LogP contribution in [0, 0.1) is 0 Å². The second-order valence-corrected chi connectivity index (χ2v) is 6.38. The third kappa shape index (κ3) is 3.71. The van der Waals surface area contributed by atoms with E-state index in [0.717, 1.165) is 24.0 Å². The SMILES string of the molecule is COc1ccc(C2(NC(=O)NC(C)c3ccccc3)CC2)cc1OC. The van der Waals surface area contributed by atoms with Gasteiger partial charge in [0.1, 0.15) is 0 Å². The Kier molecular flexibility index (Phi) is 4.83. The molecule has 0 heterocycles. The van der Waals surface area contributed by atoms with Crippen LogP contribution in [-0.2, 0) is 5.54 Å². The number of methoxy groups -OCH3 is 2. The summed E-state index contributed by atoms with van der Waals surface area (Å²) in [6, 6.07) is 15.5. The number of carbonyl (C=O) groups is 1. The smallest absolute Gasteiger partial charge is 0.315 e. The standard InChI is InChI=1S/C20H24N2O3/c1-14(15-7-5-4-6-8-15)21-19(23)22-20(11-12-20)16-9-10-17(24-2)18(13-16)25-3/h4-10,13-14H,11-12H2,1-3H3,(H2,21,22,23). The van der Waals surface area contributed by atoms with Crippen molar-refractivity contribution in [1.29, 1.82) is 0 Å². The number of hydrogen-bond acceptors (Lipinski definition) is 3. The molecule has 0 radical (unpaired) electrons. The summed E-state index contributed by atoms with van der Waals surface area (Å²) in [5, 5.41) is 6.13. The quantitative estimate of drug-likeness (QED) is 0.842. The van der Waals surface area contributed by atoms with Gasteiger partial charge < -0.3 is 20.1 Å². The van der Waals surface area contributed by atoms with E-state index in [1.165, 1.54) is 0 Å². The first kappa shape index (κ1) is 17.1. The minimum Gasteiger partial charge on any atom is -0.493 e. The van der Waals surface area contributed by atoms with Crippen molar-refractivity contribution in [2.45, 2.75) is 31.3 Å². The molecule has 0 aromatic heterocycles. The maximum absolute atomic E-state index is 12.5. The van der Waals surface area contributed by atoms with E-state index in [2.05, 4.69) is 10.6 Å². The van der Waals surface area contributed by atoms with Gasteiger partial charge in [-0.3, -0.25) is 0 Å². The minimum absolute atomic E-state index is 0.0533. The molecule has 25 heavy (non-hydrogen) atoms. The number of nitrogens with one attached hydrogen (secondary N) is 2. The van der Waals surface area contributed by atoms with E-state index in [1.807, 2.05) is 55.5 Å². The van der Waals surface area contributed by atoms with E-state index in [1.54, 1.807) is 14.2 Å². The molecule has 2 amide bonds. The van der Waals surface area contributed by atoms with Gasteiger partial charge in [-0.25, -0.2) is 4.79 Å². The predicted molar refractivity (Wildman–Crippen MR) is 97.0 cm³/mol. The third-order valence-corrected chi connectivity index (χ3v) is 4.69. The van der Waals surface area contributed by atoms with Crippen LogP contribution in [0.4, 0.5) is 4.79 Å². The van der Waals surface area contributed by atoms with Crippen LogP contribution in [0.1, 0.15) is 36.9 Å². The van der Waals surface area contributed by atoms with Gasteiger partial charge >= 0.3 is 6.03 Å². The maximum Gasteiger partial charge on any atom is 0.315 e. The van der Waals surface area contributed by atoms with Crippen molar-refractivity contribution in [3.63, 3.8) is 0 Å². The highest BCUT2D eigenvalue weighted by atomic mass is 16.5. The van der Waals surface area contributed by atoms with Crippen molar-refractivity contribution in [3.8, 4) is 11.5 Å². The summed E-state index contributed by atoms with van der Waals surface area (Å²) in [6.45, 7) is 1.98. The zero-order valence-corrected chi connectivity index (χ0v) is 14.8. The summed E-state index contributed by atoms with van der Waals surface area (Å²) in [7, 11) is 3.23. The van der Waals surface area contributed by atoms with Crippen LogP contribution in [-0.4, -0.2) is 20.3 Å². The monoisotopic (exact) mass is 340 g/mol. The topological polar surface area (TPSA) is 59.6 Å². The molecule has 2 aromatic rings. The second-order valence-electron chi connectivity index (χ2n) is 6.38. The Morgan fingerprint density at radius 1 is 1.04 bits per heavy atom. The number of benzene rings is 2. The Hall–Kier alpha value is -2.69. The lowest BCUT2D eigenvalue weighted by molar-refractivity contribution is 0.232. The van der Waals surface area contributed by atoms with Gasteiger partial charge in [-0.05, 0) is 43.0 Å². The number of urea groups is 1. The van der Waals surface area contributed by atoms with E-state index in [0.29, 0.717) is 11.5 Å². The molecule has 0 spiro atoms. The van der Waals surface area contributed by atoms with Crippen molar-refractivity contribution < 1.29 is 14.3 Å². The number of rotatable bonds is 6. The first-order valence-corrected chi connectivity index (χ1v) is 8.44. The van der Waals surface area contributed by atoms with Crippen LogP contribution in [0.5, 0.6) is 11.5 Å². The van der Waals surface area contributed by atoms with Crippen LogP contribution in [0.25, 0.3) is 0 Å². The molecule has 1 aliphatic rings. The number of hydrogen-bond donors (Lipinski definition) is 2. The molecule has 2 aromatic carbocycles. The maximum atomic E-state index is 12.5. The van der Waals surface area contributed by atoms with Crippen LogP contribution in [0.2, 0.25) is 0 Å². The number of ether oxygens (including phenoxy) is 2. The molecule has 0 aliphatic heterocycles. The van der Waals surface area contributed by atoms with Crippen LogP contribution in [0.15, 0.2) is 48.5 Å². The molecular formula is C20H24N2O3. The number of carbonyl (C=O) groups excluding carboxylic acids is 1. The summed E-state index contributed by atoms with van der Waals surface area (Å²) in [5.41, 5.74) is 1.79. The Bertz CT molecular complexity index is 742.